The summed E-state index contributed by atoms with van der Waals surface area (Å²) in [6.45, 7) is 4.65. The highest BCUT2D eigenvalue weighted by Gasteiger charge is 2.19. The van der Waals surface area contributed by atoms with Crippen molar-refractivity contribution in [3.63, 3.8) is 0 Å². The SMILES string of the molecule is COc1ccccc1N1CCN(CCNS(=O)(=O)/C=C/c2ccccc2)CC1. The van der Waals surface area contributed by atoms with Crippen LogP contribution < -0.4 is 14.4 Å². The molecule has 0 aromatic heterocycles. The number of nitrogens with zero attached hydrogens (tertiary/aromatic N) is 2. The maximum absolute atomic E-state index is 12.1. The van der Waals surface area contributed by atoms with Crippen LogP contribution in [0.1, 0.15) is 5.56 Å². The molecule has 1 fully saturated rings. The first-order valence-electron chi connectivity index (χ1n) is 9.40. The van der Waals surface area contributed by atoms with Gasteiger partial charge in [-0.15, -0.1) is 0 Å². The lowest BCUT2D eigenvalue weighted by molar-refractivity contribution is 0.261. The number of para-hydroxylation sites is 2. The smallest absolute Gasteiger partial charge is 0.233 e. The number of hydrogen-bond acceptors (Lipinski definition) is 5. The lowest BCUT2D eigenvalue weighted by Crippen LogP contribution is -2.48. The maximum atomic E-state index is 12.1. The largest absolute Gasteiger partial charge is 0.495 e. The van der Waals surface area contributed by atoms with E-state index in [9.17, 15) is 8.42 Å². The van der Waals surface area contributed by atoms with E-state index < -0.39 is 10.0 Å². The van der Waals surface area contributed by atoms with Crippen molar-refractivity contribution >= 4 is 21.8 Å². The Labute approximate surface area is 167 Å². The fourth-order valence-electron chi connectivity index (χ4n) is 3.23. The van der Waals surface area contributed by atoms with Crippen LogP contribution in [0.3, 0.4) is 0 Å². The number of piperazine rings is 1. The molecule has 0 bridgehead atoms. The molecular formula is C21H27N3O3S. The van der Waals surface area contributed by atoms with E-state index in [0.717, 1.165) is 43.2 Å². The van der Waals surface area contributed by atoms with Gasteiger partial charge in [0.1, 0.15) is 5.75 Å². The zero-order valence-electron chi connectivity index (χ0n) is 16.1. The average molecular weight is 402 g/mol. The zero-order chi connectivity index (χ0) is 19.8. The van der Waals surface area contributed by atoms with Crippen molar-refractivity contribution in [3.8, 4) is 5.75 Å². The second-order valence-electron chi connectivity index (χ2n) is 6.65. The maximum Gasteiger partial charge on any atom is 0.233 e. The van der Waals surface area contributed by atoms with E-state index in [1.54, 1.807) is 13.2 Å². The molecular weight excluding hydrogens is 374 g/mol. The topological polar surface area (TPSA) is 61.9 Å². The summed E-state index contributed by atoms with van der Waals surface area (Å²) in [5.74, 6) is 0.883. The Morgan fingerprint density at radius 3 is 2.39 bits per heavy atom. The van der Waals surface area contributed by atoms with Gasteiger partial charge < -0.3 is 9.64 Å². The third-order valence-corrected chi connectivity index (χ3v) is 5.87. The van der Waals surface area contributed by atoms with Crippen molar-refractivity contribution in [1.29, 1.82) is 0 Å². The average Bonchev–Trinajstić information content (AvgIpc) is 2.73. The van der Waals surface area contributed by atoms with Gasteiger partial charge in [0, 0.05) is 44.7 Å². The lowest BCUT2D eigenvalue weighted by atomic mass is 10.2. The number of methoxy groups -OCH3 is 1. The third-order valence-electron chi connectivity index (χ3n) is 4.77. The predicted molar refractivity (Wildman–Crippen MR) is 114 cm³/mol. The van der Waals surface area contributed by atoms with Crippen LogP contribution in [0.4, 0.5) is 5.69 Å². The predicted octanol–water partition coefficient (Wildman–Crippen LogP) is 2.41. The van der Waals surface area contributed by atoms with Gasteiger partial charge in [-0.3, -0.25) is 4.90 Å². The first kappa shape index (κ1) is 20.4. The van der Waals surface area contributed by atoms with E-state index in [2.05, 4.69) is 20.6 Å². The van der Waals surface area contributed by atoms with Gasteiger partial charge in [-0.25, -0.2) is 13.1 Å². The fourth-order valence-corrected chi connectivity index (χ4v) is 4.04. The van der Waals surface area contributed by atoms with Crippen LogP contribution in [0.5, 0.6) is 5.75 Å². The molecule has 2 aromatic rings. The summed E-state index contributed by atoms with van der Waals surface area (Å²) in [6, 6.07) is 17.4. The summed E-state index contributed by atoms with van der Waals surface area (Å²) in [7, 11) is -1.74. The number of hydrogen-bond donors (Lipinski definition) is 1. The van der Waals surface area contributed by atoms with Crippen LogP contribution in [-0.2, 0) is 10.0 Å². The number of benzene rings is 2. The van der Waals surface area contributed by atoms with E-state index in [0.29, 0.717) is 13.1 Å². The van der Waals surface area contributed by atoms with Crippen LogP contribution in [0.25, 0.3) is 6.08 Å². The van der Waals surface area contributed by atoms with E-state index in [-0.39, 0.29) is 0 Å². The Kier molecular flexibility index (Phi) is 7.08. The summed E-state index contributed by atoms with van der Waals surface area (Å²) >= 11 is 0. The van der Waals surface area contributed by atoms with Gasteiger partial charge in [0.2, 0.25) is 10.0 Å². The molecule has 3 rings (SSSR count). The molecule has 0 aliphatic carbocycles. The molecule has 6 nitrogen and oxygen atoms in total. The first-order valence-corrected chi connectivity index (χ1v) is 11.0. The molecule has 0 spiro atoms. The minimum absolute atomic E-state index is 0.399. The molecule has 1 saturated heterocycles. The van der Waals surface area contributed by atoms with Crippen LogP contribution in [0.15, 0.2) is 60.0 Å². The standard InChI is InChI=1S/C21H27N3O3S/c1-27-21-10-6-5-9-20(21)24-16-14-23(15-17-24)13-12-22-28(25,26)18-11-19-7-3-2-4-8-19/h2-11,18,22H,12-17H2,1H3/b18-11+. The molecule has 7 heteroatoms. The molecule has 1 N–H and O–H groups in total. The van der Waals surface area contributed by atoms with E-state index in [1.807, 2.05) is 48.5 Å². The van der Waals surface area contributed by atoms with Gasteiger partial charge in [-0.2, -0.15) is 0 Å². The number of anilines is 1. The molecule has 150 valence electrons. The van der Waals surface area contributed by atoms with Crippen LogP contribution in [-0.4, -0.2) is 59.7 Å². The van der Waals surface area contributed by atoms with Gasteiger partial charge >= 0.3 is 0 Å². The number of sulfonamides is 1. The molecule has 0 amide bonds. The molecule has 0 unspecified atom stereocenters. The minimum atomic E-state index is -3.43. The minimum Gasteiger partial charge on any atom is -0.495 e. The van der Waals surface area contributed by atoms with Crippen molar-refractivity contribution < 1.29 is 13.2 Å². The van der Waals surface area contributed by atoms with Gasteiger partial charge in [0.25, 0.3) is 0 Å². The fraction of sp³-hybridized carbons (Fsp3) is 0.333. The highest BCUT2D eigenvalue weighted by atomic mass is 32.2. The monoisotopic (exact) mass is 401 g/mol. The van der Waals surface area contributed by atoms with Crippen LogP contribution in [0, 0.1) is 0 Å². The second kappa shape index (κ2) is 9.73. The summed E-state index contributed by atoms with van der Waals surface area (Å²) in [5, 5.41) is 1.22. The Bertz CT molecular complexity index is 877. The number of nitrogens with one attached hydrogen (secondary N) is 1. The van der Waals surface area contributed by atoms with Crippen LogP contribution in [0.2, 0.25) is 0 Å². The van der Waals surface area contributed by atoms with E-state index in [1.165, 1.54) is 5.41 Å². The van der Waals surface area contributed by atoms with Crippen molar-refractivity contribution in [2.75, 3.05) is 51.3 Å². The molecule has 1 aliphatic heterocycles. The third kappa shape index (κ3) is 5.82. The molecule has 0 radical (unpaired) electrons. The zero-order valence-corrected chi connectivity index (χ0v) is 16.9. The summed E-state index contributed by atoms with van der Waals surface area (Å²) in [4.78, 5) is 4.58. The first-order chi connectivity index (χ1) is 13.6. The Hall–Kier alpha value is -2.35. The van der Waals surface area contributed by atoms with Gasteiger partial charge in [0.05, 0.1) is 12.8 Å². The van der Waals surface area contributed by atoms with Crippen molar-refractivity contribution in [2.24, 2.45) is 0 Å². The van der Waals surface area contributed by atoms with Crippen molar-refractivity contribution in [2.45, 2.75) is 0 Å². The van der Waals surface area contributed by atoms with E-state index >= 15 is 0 Å². The molecule has 0 saturated carbocycles. The molecule has 2 aromatic carbocycles. The molecule has 1 aliphatic rings. The Morgan fingerprint density at radius 1 is 1.00 bits per heavy atom. The van der Waals surface area contributed by atoms with E-state index in [4.69, 9.17) is 4.74 Å². The Morgan fingerprint density at radius 2 is 1.68 bits per heavy atom. The number of rotatable bonds is 8. The highest BCUT2D eigenvalue weighted by Crippen LogP contribution is 2.28. The van der Waals surface area contributed by atoms with Gasteiger partial charge in [-0.1, -0.05) is 42.5 Å². The molecule has 28 heavy (non-hydrogen) atoms. The van der Waals surface area contributed by atoms with Crippen molar-refractivity contribution in [3.05, 3.63) is 65.6 Å². The van der Waals surface area contributed by atoms with Crippen molar-refractivity contribution in [1.82, 2.24) is 9.62 Å². The molecule has 1 heterocycles. The summed E-state index contributed by atoms with van der Waals surface area (Å²) < 4.78 is 32.3. The highest BCUT2D eigenvalue weighted by molar-refractivity contribution is 7.92. The summed E-state index contributed by atoms with van der Waals surface area (Å²) in [6.07, 6.45) is 1.61. The Balaban J connectivity index is 1.43. The number of ether oxygens (including phenoxy) is 1. The summed E-state index contributed by atoms with van der Waals surface area (Å²) in [5.41, 5.74) is 1.97. The lowest BCUT2D eigenvalue weighted by Gasteiger charge is -2.36. The quantitative estimate of drug-likeness (QED) is 0.736. The normalized spacial score (nSPS) is 15.8. The van der Waals surface area contributed by atoms with Crippen LogP contribution >= 0.6 is 0 Å². The molecule has 0 atom stereocenters. The van der Waals surface area contributed by atoms with Gasteiger partial charge in [-0.05, 0) is 23.8 Å². The second-order valence-corrected chi connectivity index (χ2v) is 8.30. The van der Waals surface area contributed by atoms with Gasteiger partial charge in [0.15, 0.2) is 0 Å².